The molecule has 0 bridgehead atoms. The summed E-state index contributed by atoms with van der Waals surface area (Å²) in [5, 5.41) is 0. The normalized spacial score (nSPS) is 10.2. The fraction of sp³-hybridized carbons (Fsp3) is 0.400. The lowest BCUT2D eigenvalue weighted by Crippen LogP contribution is -1.91. The van der Waals surface area contributed by atoms with Crippen LogP contribution < -0.4 is 0 Å². The molecule has 1 aromatic rings. The molecule has 0 nitrogen and oxygen atoms in total. The second kappa shape index (κ2) is 4.46. The molecule has 66 valence electrons. The maximum atomic E-state index is 12.7. The second-order valence-corrected chi connectivity index (χ2v) is 3.24. The Kier molecular flexibility index (Phi) is 3.54. The van der Waals surface area contributed by atoms with Crippen LogP contribution in [0.5, 0.6) is 0 Å². The average Bonchev–Trinajstić information content (AvgIpc) is 2.07. The lowest BCUT2D eigenvalue weighted by Gasteiger charge is -2.03. The van der Waals surface area contributed by atoms with Gasteiger partial charge in [0.05, 0.1) is 0 Å². The highest BCUT2D eigenvalue weighted by atomic mass is 35.5. The monoisotopic (exact) mass is 186 g/mol. The van der Waals surface area contributed by atoms with Gasteiger partial charge in [-0.1, -0.05) is 6.07 Å². The van der Waals surface area contributed by atoms with Crippen LogP contribution in [0.4, 0.5) is 4.39 Å². The van der Waals surface area contributed by atoms with E-state index < -0.39 is 0 Å². The zero-order valence-electron chi connectivity index (χ0n) is 7.11. The fourth-order valence-corrected chi connectivity index (χ4v) is 1.30. The van der Waals surface area contributed by atoms with E-state index in [1.165, 1.54) is 6.07 Å². The molecule has 0 amide bonds. The summed E-state index contributed by atoms with van der Waals surface area (Å²) >= 11 is 5.55. The Balaban J connectivity index is 2.75. The highest BCUT2D eigenvalue weighted by Crippen LogP contribution is 2.12. The molecule has 12 heavy (non-hydrogen) atoms. The molecule has 0 heterocycles. The van der Waals surface area contributed by atoms with Crippen LogP contribution in [0.3, 0.4) is 0 Å². The maximum Gasteiger partial charge on any atom is 0.123 e. The van der Waals surface area contributed by atoms with Crippen molar-refractivity contribution in [3.63, 3.8) is 0 Å². The lowest BCUT2D eigenvalue weighted by atomic mass is 10.0. The molecule has 0 radical (unpaired) electrons. The molecule has 0 N–H and O–H groups in total. The average molecular weight is 187 g/mol. The molecule has 2 heteroatoms. The first kappa shape index (κ1) is 9.53. The van der Waals surface area contributed by atoms with Crippen molar-refractivity contribution in [2.75, 3.05) is 5.88 Å². The van der Waals surface area contributed by atoms with Crippen LogP contribution in [0.1, 0.15) is 17.5 Å². The van der Waals surface area contributed by atoms with Crippen LogP contribution in [-0.4, -0.2) is 5.88 Å². The Hall–Kier alpha value is -0.560. The first-order valence-corrected chi connectivity index (χ1v) is 4.58. The van der Waals surface area contributed by atoms with E-state index in [9.17, 15) is 4.39 Å². The van der Waals surface area contributed by atoms with E-state index in [0.29, 0.717) is 5.88 Å². The van der Waals surface area contributed by atoms with Crippen LogP contribution in [0.2, 0.25) is 0 Å². The smallest absolute Gasteiger partial charge is 0.123 e. The van der Waals surface area contributed by atoms with E-state index in [0.717, 1.165) is 24.0 Å². The zero-order valence-corrected chi connectivity index (χ0v) is 7.87. The van der Waals surface area contributed by atoms with Gasteiger partial charge in [-0.3, -0.25) is 0 Å². The number of aryl methyl sites for hydroxylation is 2. The quantitative estimate of drug-likeness (QED) is 0.636. The van der Waals surface area contributed by atoms with Crippen molar-refractivity contribution in [2.45, 2.75) is 19.8 Å². The van der Waals surface area contributed by atoms with Crippen molar-refractivity contribution in [2.24, 2.45) is 0 Å². The van der Waals surface area contributed by atoms with Crippen molar-refractivity contribution in [1.29, 1.82) is 0 Å². The fourth-order valence-electron chi connectivity index (χ4n) is 1.17. The summed E-state index contributed by atoms with van der Waals surface area (Å²) in [5.74, 6) is 0.473. The summed E-state index contributed by atoms with van der Waals surface area (Å²) in [6.07, 6.45) is 1.78. The van der Waals surface area contributed by atoms with Gasteiger partial charge in [-0.15, -0.1) is 11.6 Å². The number of alkyl halides is 1. The zero-order chi connectivity index (χ0) is 8.97. The van der Waals surface area contributed by atoms with E-state index in [-0.39, 0.29) is 5.82 Å². The van der Waals surface area contributed by atoms with Gasteiger partial charge in [-0.25, -0.2) is 4.39 Å². The van der Waals surface area contributed by atoms with Crippen LogP contribution >= 0.6 is 11.6 Å². The van der Waals surface area contributed by atoms with E-state index in [1.54, 1.807) is 12.1 Å². The number of rotatable bonds is 3. The molecule has 0 atom stereocenters. The van der Waals surface area contributed by atoms with Gasteiger partial charge in [-0.05, 0) is 43.0 Å². The molecule has 1 aromatic carbocycles. The van der Waals surface area contributed by atoms with Crippen molar-refractivity contribution >= 4 is 11.6 Å². The van der Waals surface area contributed by atoms with Gasteiger partial charge in [0.1, 0.15) is 5.82 Å². The van der Waals surface area contributed by atoms with Gasteiger partial charge < -0.3 is 0 Å². The van der Waals surface area contributed by atoms with Gasteiger partial charge in [0, 0.05) is 5.88 Å². The predicted octanol–water partition coefficient (Wildman–Crippen LogP) is 3.31. The third-order valence-electron chi connectivity index (χ3n) is 1.89. The molecule has 0 saturated heterocycles. The van der Waals surface area contributed by atoms with E-state index >= 15 is 0 Å². The molecule has 0 saturated carbocycles. The largest absolute Gasteiger partial charge is 0.207 e. The first-order valence-electron chi connectivity index (χ1n) is 4.05. The van der Waals surface area contributed by atoms with Crippen LogP contribution in [-0.2, 0) is 6.42 Å². The molecule has 0 aliphatic rings. The third kappa shape index (κ3) is 2.49. The maximum absolute atomic E-state index is 12.7. The number of hydrogen-bond donors (Lipinski definition) is 0. The molecule has 0 spiro atoms. The van der Waals surface area contributed by atoms with Crippen molar-refractivity contribution in [3.8, 4) is 0 Å². The molecule has 0 aliphatic carbocycles. The molecule has 0 fully saturated rings. The summed E-state index contributed by atoms with van der Waals surface area (Å²) in [6.45, 7) is 1.99. The number of benzene rings is 1. The SMILES string of the molecule is Cc1ccc(F)cc1CCCCl. The summed E-state index contributed by atoms with van der Waals surface area (Å²) in [6, 6.07) is 4.88. The third-order valence-corrected chi connectivity index (χ3v) is 2.16. The molecule has 0 aromatic heterocycles. The van der Waals surface area contributed by atoms with Crippen molar-refractivity contribution in [3.05, 3.63) is 35.1 Å². The Labute approximate surface area is 77.4 Å². The Morgan fingerprint density at radius 3 is 2.83 bits per heavy atom. The topological polar surface area (TPSA) is 0 Å². The van der Waals surface area contributed by atoms with E-state index in [1.807, 2.05) is 6.92 Å². The molecular formula is C10H12ClF. The van der Waals surface area contributed by atoms with Crippen molar-refractivity contribution < 1.29 is 4.39 Å². The first-order chi connectivity index (χ1) is 5.74. The number of halogens is 2. The predicted molar refractivity (Wildman–Crippen MR) is 50.2 cm³/mol. The highest BCUT2D eigenvalue weighted by molar-refractivity contribution is 6.17. The highest BCUT2D eigenvalue weighted by Gasteiger charge is 1.99. The van der Waals surface area contributed by atoms with Crippen LogP contribution in [0, 0.1) is 12.7 Å². The Morgan fingerprint density at radius 1 is 1.42 bits per heavy atom. The van der Waals surface area contributed by atoms with E-state index in [4.69, 9.17) is 11.6 Å². The summed E-state index contributed by atoms with van der Waals surface area (Å²) in [4.78, 5) is 0. The minimum Gasteiger partial charge on any atom is -0.207 e. The van der Waals surface area contributed by atoms with Crippen LogP contribution in [0.25, 0.3) is 0 Å². The molecule has 0 aliphatic heterocycles. The van der Waals surface area contributed by atoms with Gasteiger partial charge >= 0.3 is 0 Å². The molecule has 0 unspecified atom stereocenters. The van der Waals surface area contributed by atoms with Gasteiger partial charge in [0.15, 0.2) is 0 Å². The minimum absolute atomic E-state index is 0.162. The minimum atomic E-state index is -0.162. The summed E-state index contributed by atoms with van der Waals surface area (Å²) < 4.78 is 12.7. The number of hydrogen-bond acceptors (Lipinski definition) is 0. The Morgan fingerprint density at radius 2 is 2.17 bits per heavy atom. The standard InChI is InChI=1S/C10H12ClF/c1-8-4-5-10(12)7-9(8)3-2-6-11/h4-5,7H,2-3,6H2,1H3. The lowest BCUT2D eigenvalue weighted by molar-refractivity contribution is 0.624. The van der Waals surface area contributed by atoms with E-state index in [2.05, 4.69) is 0 Å². The second-order valence-electron chi connectivity index (χ2n) is 2.86. The summed E-state index contributed by atoms with van der Waals surface area (Å²) in [7, 11) is 0. The molecule has 1 rings (SSSR count). The molecular weight excluding hydrogens is 175 g/mol. The summed E-state index contributed by atoms with van der Waals surface area (Å²) in [5.41, 5.74) is 2.21. The van der Waals surface area contributed by atoms with Gasteiger partial charge in [-0.2, -0.15) is 0 Å². The van der Waals surface area contributed by atoms with Crippen molar-refractivity contribution in [1.82, 2.24) is 0 Å². The van der Waals surface area contributed by atoms with Gasteiger partial charge in [0.25, 0.3) is 0 Å². The van der Waals surface area contributed by atoms with Crippen LogP contribution in [0.15, 0.2) is 18.2 Å². The van der Waals surface area contributed by atoms with Gasteiger partial charge in [0.2, 0.25) is 0 Å². The Bertz CT molecular complexity index is 258.